The SMILES string of the molecule is CN1CCC(C)(C(=O)N(CC(=O)Nc2ccc3c(c2)C[C@@]2(C3)C(=O)Nc3ncccc32)Cc2cc(F)cc(F)c2)CC1. The number of rotatable bonds is 6. The Bertz CT molecular complexity index is 1570. The number of nitrogens with one attached hydrogen (secondary N) is 2. The number of fused-ring (bicyclic) bond motifs is 3. The summed E-state index contributed by atoms with van der Waals surface area (Å²) in [5, 5.41) is 5.79. The zero-order valence-corrected chi connectivity index (χ0v) is 23.7. The summed E-state index contributed by atoms with van der Waals surface area (Å²) in [4.78, 5) is 48.0. The third-order valence-corrected chi connectivity index (χ3v) is 8.99. The van der Waals surface area contributed by atoms with Crippen LogP contribution >= 0.6 is 0 Å². The van der Waals surface area contributed by atoms with Gasteiger partial charge in [0, 0.05) is 35.5 Å². The summed E-state index contributed by atoms with van der Waals surface area (Å²) in [5.74, 6) is -1.60. The van der Waals surface area contributed by atoms with Gasteiger partial charge in [-0.1, -0.05) is 19.1 Å². The fourth-order valence-corrected chi connectivity index (χ4v) is 6.55. The van der Waals surface area contributed by atoms with E-state index in [1.54, 1.807) is 12.3 Å². The Hall–Kier alpha value is -4.18. The first kappa shape index (κ1) is 28.0. The van der Waals surface area contributed by atoms with E-state index in [1.165, 1.54) is 17.0 Å². The van der Waals surface area contributed by atoms with Gasteiger partial charge in [0.25, 0.3) is 0 Å². The van der Waals surface area contributed by atoms with Crippen LogP contribution in [0.3, 0.4) is 0 Å². The maximum Gasteiger partial charge on any atom is 0.244 e. The van der Waals surface area contributed by atoms with Crippen LogP contribution in [0.25, 0.3) is 0 Å². The number of halogens is 2. The van der Waals surface area contributed by atoms with Gasteiger partial charge < -0.3 is 20.4 Å². The van der Waals surface area contributed by atoms with Crippen LogP contribution in [0.1, 0.15) is 42.0 Å². The Balaban J connectivity index is 1.20. The largest absolute Gasteiger partial charge is 0.329 e. The predicted molar refractivity (Wildman–Crippen MR) is 154 cm³/mol. The molecular formula is C32H33F2N5O3. The molecule has 0 bridgehead atoms. The molecular weight excluding hydrogens is 540 g/mol. The quantitative estimate of drug-likeness (QED) is 0.464. The third-order valence-electron chi connectivity index (χ3n) is 8.99. The number of aromatic nitrogens is 1. The maximum atomic E-state index is 14.0. The molecule has 2 aliphatic heterocycles. The summed E-state index contributed by atoms with van der Waals surface area (Å²) in [6, 6.07) is 12.5. The first-order valence-corrected chi connectivity index (χ1v) is 14.2. The molecule has 3 heterocycles. The molecule has 1 atom stereocenters. The minimum absolute atomic E-state index is 0.0803. The van der Waals surface area contributed by atoms with Crippen molar-refractivity contribution in [2.24, 2.45) is 5.41 Å². The van der Waals surface area contributed by atoms with Crippen LogP contribution < -0.4 is 10.6 Å². The molecule has 0 saturated carbocycles. The molecule has 1 saturated heterocycles. The number of hydrogen-bond donors (Lipinski definition) is 2. The van der Waals surface area contributed by atoms with E-state index in [0.29, 0.717) is 37.2 Å². The molecule has 42 heavy (non-hydrogen) atoms. The van der Waals surface area contributed by atoms with E-state index in [-0.39, 0.29) is 30.5 Å². The van der Waals surface area contributed by atoms with Gasteiger partial charge in [0.05, 0.1) is 5.41 Å². The summed E-state index contributed by atoms with van der Waals surface area (Å²) in [5.41, 5.74) is 2.28. The number of carbonyl (C=O) groups is 3. The highest BCUT2D eigenvalue weighted by Gasteiger charge is 2.51. The Labute approximate surface area is 243 Å². The Morgan fingerprint density at radius 3 is 2.50 bits per heavy atom. The lowest BCUT2D eigenvalue weighted by molar-refractivity contribution is -0.146. The molecule has 1 aliphatic carbocycles. The number of benzene rings is 2. The van der Waals surface area contributed by atoms with Gasteiger partial charge in [0.1, 0.15) is 24.0 Å². The molecule has 3 aromatic rings. The zero-order valence-electron chi connectivity index (χ0n) is 23.7. The van der Waals surface area contributed by atoms with Gasteiger partial charge >= 0.3 is 0 Å². The van der Waals surface area contributed by atoms with Crippen molar-refractivity contribution in [3.63, 3.8) is 0 Å². The minimum Gasteiger partial charge on any atom is -0.329 e. The number of anilines is 2. The van der Waals surface area contributed by atoms with Crippen LogP contribution in [-0.4, -0.2) is 59.2 Å². The van der Waals surface area contributed by atoms with Crippen molar-refractivity contribution < 1.29 is 23.2 Å². The Morgan fingerprint density at radius 1 is 1.05 bits per heavy atom. The van der Waals surface area contributed by atoms with Crippen molar-refractivity contribution >= 4 is 29.2 Å². The molecule has 1 aromatic heterocycles. The van der Waals surface area contributed by atoms with E-state index < -0.39 is 28.4 Å². The smallest absolute Gasteiger partial charge is 0.244 e. The molecule has 2 N–H and O–H groups in total. The second kappa shape index (κ2) is 10.6. The van der Waals surface area contributed by atoms with Gasteiger partial charge in [-0.15, -0.1) is 0 Å². The highest BCUT2D eigenvalue weighted by atomic mass is 19.1. The monoisotopic (exact) mass is 573 g/mol. The average Bonchev–Trinajstić information content (AvgIpc) is 3.46. The molecule has 1 fully saturated rings. The highest BCUT2D eigenvalue weighted by Crippen LogP contribution is 2.47. The Morgan fingerprint density at radius 2 is 1.76 bits per heavy atom. The molecule has 3 aliphatic rings. The van der Waals surface area contributed by atoms with Gasteiger partial charge in [-0.2, -0.15) is 0 Å². The number of amides is 3. The third kappa shape index (κ3) is 5.15. The summed E-state index contributed by atoms with van der Waals surface area (Å²) >= 11 is 0. The van der Waals surface area contributed by atoms with E-state index in [9.17, 15) is 23.2 Å². The van der Waals surface area contributed by atoms with Crippen LogP contribution in [0.2, 0.25) is 0 Å². The summed E-state index contributed by atoms with van der Waals surface area (Å²) in [6.45, 7) is 3.01. The summed E-state index contributed by atoms with van der Waals surface area (Å²) in [6.07, 6.45) is 3.92. The van der Waals surface area contributed by atoms with E-state index in [4.69, 9.17) is 0 Å². The minimum atomic E-state index is -0.738. The average molecular weight is 574 g/mol. The lowest BCUT2D eigenvalue weighted by Gasteiger charge is -2.39. The van der Waals surface area contributed by atoms with E-state index in [0.717, 1.165) is 35.8 Å². The fourth-order valence-electron chi connectivity index (χ4n) is 6.55. The molecule has 10 heteroatoms. The predicted octanol–water partition coefficient (Wildman–Crippen LogP) is 4.05. The number of likely N-dealkylation sites (tertiary alicyclic amines) is 1. The normalized spacial score (nSPS) is 20.6. The van der Waals surface area contributed by atoms with E-state index in [2.05, 4.69) is 20.5 Å². The van der Waals surface area contributed by atoms with Crippen molar-refractivity contribution in [1.82, 2.24) is 14.8 Å². The van der Waals surface area contributed by atoms with Gasteiger partial charge in [-0.3, -0.25) is 14.4 Å². The van der Waals surface area contributed by atoms with Crippen LogP contribution in [0.5, 0.6) is 0 Å². The van der Waals surface area contributed by atoms with Gasteiger partial charge in [-0.05, 0) is 92.8 Å². The molecule has 2 aromatic carbocycles. The van der Waals surface area contributed by atoms with E-state index >= 15 is 0 Å². The van der Waals surface area contributed by atoms with Crippen molar-refractivity contribution in [3.05, 3.63) is 88.6 Å². The van der Waals surface area contributed by atoms with E-state index in [1.807, 2.05) is 38.2 Å². The molecule has 0 radical (unpaired) electrons. The van der Waals surface area contributed by atoms with Crippen LogP contribution in [0.4, 0.5) is 20.3 Å². The molecule has 1 spiro atoms. The molecule has 6 rings (SSSR count). The van der Waals surface area contributed by atoms with Crippen molar-refractivity contribution in [2.75, 3.05) is 37.3 Å². The van der Waals surface area contributed by atoms with Crippen molar-refractivity contribution in [1.29, 1.82) is 0 Å². The molecule has 3 amide bonds. The van der Waals surface area contributed by atoms with Crippen LogP contribution in [0, 0.1) is 17.0 Å². The topological polar surface area (TPSA) is 94.6 Å². The van der Waals surface area contributed by atoms with Gasteiger partial charge in [0.15, 0.2) is 0 Å². The van der Waals surface area contributed by atoms with Gasteiger partial charge in [-0.25, -0.2) is 13.8 Å². The highest BCUT2D eigenvalue weighted by molar-refractivity contribution is 6.06. The number of nitrogens with zero attached hydrogens (tertiary/aromatic N) is 3. The van der Waals surface area contributed by atoms with Crippen LogP contribution in [-0.2, 0) is 39.2 Å². The molecule has 0 unspecified atom stereocenters. The lowest BCUT2D eigenvalue weighted by Crippen LogP contribution is -2.49. The van der Waals surface area contributed by atoms with Crippen LogP contribution in [0.15, 0.2) is 54.7 Å². The number of carbonyl (C=O) groups excluding carboxylic acids is 3. The van der Waals surface area contributed by atoms with Crippen molar-refractivity contribution in [2.45, 2.75) is 44.6 Å². The first-order chi connectivity index (χ1) is 20.0. The number of piperidine rings is 1. The first-order valence-electron chi connectivity index (χ1n) is 14.2. The molecule has 218 valence electrons. The standard InChI is InChI=1S/C32H33F2N5O3/c1-31(7-10-38(2)11-8-31)30(42)39(18-20-12-23(33)15-24(34)13-20)19-27(40)36-25-6-5-21-16-32(17-22(21)14-25)26-4-3-9-35-28(26)37-29(32)41/h3-6,9,12-15H,7-8,10-11,16-19H2,1-2H3,(H,36,40)(H,35,37,41)/t32-/m1/s1. The van der Waals surface area contributed by atoms with Crippen molar-refractivity contribution in [3.8, 4) is 0 Å². The lowest BCUT2D eigenvalue weighted by atomic mass is 9.79. The summed E-state index contributed by atoms with van der Waals surface area (Å²) in [7, 11) is 2.00. The number of hydrogen-bond acceptors (Lipinski definition) is 5. The Kier molecular flexibility index (Phi) is 7.04. The second-order valence-electron chi connectivity index (χ2n) is 12.1. The maximum absolute atomic E-state index is 14.0. The molecule has 8 nitrogen and oxygen atoms in total. The summed E-state index contributed by atoms with van der Waals surface area (Å²) < 4.78 is 27.9. The fraction of sp³-hybridized carbons (Fsp3) is 0.375. The number of pyridine rings is 1. The second-order valence-corrected chi connectivity index (χ2v) is 12.1. The van der Waals surface area contributed by atoms with Gasteiger partial charge in [0.2, 0.25) is 17.7 Å². The zero-order chi connectivity index (χ0) is 29.6.